The molecule has 2 aliphatic rings. The lowest BCUT2D eigenvalue weighted by atomic mass is 9.82. The van der Waals surface area contributed by atoms with Gasteiger partial charge in [0.2, 0.25) is 15.9 Å². The van der Waals surface area contributed by atoms with Gasteiger partial charge in [-0.1, -0.05) is 43.6 Å². The number of carbonyl (C=O) groups excluding carboxylic acids is 2. The zero-order valence-corrected chi connectivity index (χ0v) is 26.7. The second-order valence-electron chi connectivity index (χ2n) is 11.8. The maximum absolute atomic E-state index is 15.2. The molecule has 1 saturated heterocycles. The van der Waals surface area contributed by atoms with Crippen molar-refractivity contribution in [3.8, 4) is 0 Å². The molecular formula is C31H42ClFN4O5S. The number of halogens is 2. The fraction of sp³-hybridized carbons (Fsp3) is 0.548. The second-order valence-corrected chi connectivity index (χ2v) is 14.4. The van der Waals surface area contributed by atoms with Crippen LogP contribution in [0.3, 0.4) is 0 Å². The van der Waals surface area contributed by atoms with E-state index in [9.17, 15) is 18.0 Å². The number of piperazine rings is 1. The minimum atomic E-state index is -3.37. The molecule has 2 amide bonds. The summed E-state index contributed by atoms with van der Waals surface area (Å²) in [5.74, 6) is -1.54. The molecule has 12 heteroatoms. The number of rotatable bonds is 12. The Kier molecular flexibility index (Phi) is 11.1. The van der Waals surface area contributed by atoms with Crippen LogP contribution in [0.15, 0.2) is 42.5 Å². The minimum Gasteiger partial charge on any atom is -0.453 e. The third kappa shape index (κ3) is 8.06. The van der Waals surface area contributed by atoms with E-state index < -0.39 is 39.8 Å². The van der Waals surface area contributed by atoms with E-state index in [2.05, 4.69) is 16.0 Å². The smallest absolute Gasteiger partial charge is 0.407 e. The number of amides is 2. The molecular weight excluding hydrogens is 595 g/mol. The predicted octanol–water partition coefficient (Wildman–Crippen LogP) is 5.06. The highest BCUT2D eigenvalue weighted by atomic mass is 35.5. The molecule has 43 heavy (non-hydrogen) atoms. The molecule has 1 aliphatic heterocycles. The molecule has 0 spiro atoms. The summed E-state index contributed by atoms with van der Waals surface area (Å²) in [7, 11) is -2.15. The molecule has 0 aromatic heterocycles. The van der Waals surface area contributed by atoms with Gasteiger partial charge in [-0.3, -0.25) is 4.79 Å². The van der Waals surface area contributed by atoms with Crippen molar-refractivity contribution in [3.05, 3.63) is 64.4 Å². The monoisotopic (exact) mass is 636 g/mol. The Bertz CT molecular complexity index is 1400. The summed E-state index contributed by atoms with van der Waals surface area (Å²) in [5.41, 5.74) is 1.39. The molecule has 2 aromatic carbocycles. The summed E-state index contributed by atoms with van der Waals surface area (Å²) in [5, 5.41) is 9.04. The van der Waals surface area contributed by atoms with Gasteiger partial charge in [-0.15, -0.1) is 0 Å². The quantitative estimate of drug-likeness (QED) is 0.300. The molecule has 3 N–H and O–H groups in total. The van der Waals surface area contributed by atoms with Gasteiger partial charge in [-0.2, -0.15) is 4.31 Å². The van der Waals surface area contributed by atoms with Gasteiger partial charge >= 0.3 is 6.09 Å². The van der Waals surface area contributed by atoms with Crippen molar-refractivity contribution in [2.24, 2.45) is 5.92 Å². The largest absolute Gasteiger partial charge is 0.453 e. The normalized spacial score (nSPS) is 20.8. The van der Waals surface area contributed by atoms with Crippen LogP contribution in [-0.2, 0) is 26.0 Å². The first-order valence-corrected chi connectivity index (χ1v) is 16.7. The van der Waals surface area contributed by atoms with Crippen LogP contribution in [0, 0.1) is 11.7 Å². The topological polar surface area (TPSA) is 117 Å². The van der Waals surface area contributed by atoms with E-state index in [0.717, 1.165) is 5.56 Å². The average molecular weight is 637 g/mol. The van der Waals surface area contributed by atoms with Gasteiger partial charge in [0.25, 0.3) is 0 Å². The number of hydrogen-bond acceptors (Lipinski definition) is 6. The van der Waals surface area contributed by atoms with Crippen molar-refractivity contribution < 1.29 is 27.1 Å². The van der Waals surface area contributed by atoms with Gasteiger partial charge in [0.05, 0.1) is 12.4 Å². The lowest BCUT2D eigenvalue weighted by Gasteiger charge is -2.40. The van der Waals surface area contributed by atoms with E-state index in [0.29, 0.717) is 61.5 Å². The van der Waals surface area contributed by atoms with Crippen LogP contribution < -0.4 is 16.0 Å². The summed E-state index contributed by atoms with van der Waals surface area (Å²) in [4.78, 5) is 26.1. The van der Waals surface area contributed by atoms with Gasteiger partial charge < -0.3 is 20.7 Å². The van der Waals surface area contributed by atoms with Crippen LogP contribution >= 0.6 is 11.6 Å². The van der Waals surface area contributed by atoms with Gasteiger partial charge in [-0.05, 0) is 74.8 Å². The summed E-state index contributed by atoms with van der Waals surface area (Å²) in [6, 6.07) is 10.2. The number of sulfonamides is 1. The molecule has 1 saturated carbocycles. The predicted molar refractivity (Wildman–Crippen MR) is 166 cm³/mol. The van der Waals surface area contributed by atoms with Crippen LogP contribution in [0.4, 0.5) is 14.9 Å². The summed E-state index contributed by atoms with van der Waals surface area (Å²) < 4.78 is 48.0. The number of benzene rings is 2. The lowest BCUT2D eigenvalue weighted by Crippen LogP contribution is -2.58. The first kappa shape index (κ1) is 33.2. The Morgan fingerprint density at radius 1 is 1.16 bits per heavy atom. The Labute approximate surface area is 258 Å². The molecule has 1 aliphatic carbocycles. The number of nitrogens with one attached hydrogen (secondary N) is 3. The van der Waals surface area contributed by atoms with Gasteiger partial charge in [0.1, 0.15) is 11.9 Å². The maximum Gasteiger partial charge on any atom is 0.407 e. The molecule has 4 rings (SSSR count). The van der Waals surface area contributed by atoms with Crippen molar-refractivity contribution in [2.45, 2.75) is 82.2 Å². The zero-order valence-electron chi connectivity index (χ0n) is 25.1. The van der Waals surface area contributed by atoms with Crippen molar-refractivity contribution in [3.63, 3.8) is 0 Å². The van der Waals surface area contributed by atoms with E-state index in [4.69, 9.17) is 16.3 Å². The third-order valence-electron chi connectivity index (χ3n) is 8.25. The summed E-state index contributed by atoms with van der Waals surface area (Å²) >= 11 is 6.25. The average Bonchev–Trinajstić information content (AvgIpc) is 3.80. The SMILES string of the molecule is COC(=O)N[C@H](C(=O)Nc1cccc(F)c1CCC[C@H]1CNC[C@@H](C)N1S(=O)(=O)C1CC1)[C@@H](c1cccc(Cl)c1)C(C)C. The highest BCUT2D eigenvalue weighted by Gasteiger charge is 2.45. The van der Waals surface area contributed by atoms with E-state index in [1.807, 2.05) is 26.8 Å². The minimum absolute atomic E-state index is 0.0836. The molecule has 236 valence electrons. The molecule has 9 nitrogen and oxygen atoms in total. The van der Waals surface area contributed by atoms with Crippen molar-refractivity contribution >= 4 is 39.3 Å². The Morgan fingerprint density at radius 2 is 1.88 bits per heavy atom. The van der Waals surface area contributed by atoms with Crippen LogP contribution in [0.1, 0.15) is 63.5 Å². The highest BCUT2D eigenvalue weighted by Crippen LogP contribution is 2.35. The molecule has 1 heterocycles. The van der Waals surface area contributed by atoms with E-state index in [1.54, 1.807) is 28.6 Å². The fourth-order valence-electron chi connectivity index (χ4n) is 6.06. The number of ether oxygens (including phenoxy) is 1. The Morgan fingerprint density at radius 3 is 2.53 bits per heavy atom. The molecule has 0 radical (unpaired) electrons. The first-order valence-electron chi connectivity index (χ1n) is 14.8. The molecule has 0 bridgehead atoms. The summed E-state index contributed by atoms with van der Waals surface area (Å²) in [6.45, 7) is 6.92. The maximum atomic E-state index is 15.2. The Balaban J connectivity index is 1.53. The number of hydrogen-bond donors (Lipinski definition) is 3. The van der Waals surface area contributed by atoms with E-state index >= 15 is 4.39 Å². The molecule has 2 aromatic rings. The third-order valence-corrected chi connectivity index (χ3v) is 11.0. The number of nitrogens with zero attached hydrogens (tertiary/aromatic N) is 1. The van der Waals surface area contributed by atoms with E-state index in [-0.39, 0.29) is 23.3 Å². The first-order chi connectivity index (χ1) is 20.4. The number of anilines is 1. The molecule has 4 atom stereocenters. The van der Waals surface area contributed by atoms with Crippen molar-refractivity contribution in [1.82, 2.24) is 14.9 Å². The number of methoxy groups -OCH3 is 1. The van der Waals surface area contributed by atoms with Crippen LogP contribution in [-0.4, -0.2) is 68.3 Å². The highest BCUT2D eigenvalue weighted by molar-refractivity contribution is 7.90. The zero-order chi connectivity index (χ0) is 31.3. The van der Waals surface area contributed by atoms with Crippen molar-refractivity contribution in [1.29, 1.82) is 0 Å². The number of alkyl carbamates (subject to hydrolysis) is 1. The van der Waals surface area contributed by atoms with E-state index in [1.165, 1.54) is 19.2 Å². The van der Waals surface area contributed by atoms with Crippen LogP contribution in [0.5, 0.6) is 0 Å². The number of carbonyl (C=O) groups is 2. The second kappa shape index (κ2) is 14.4. The van der Waals surface area contributed by atoms with Crippen LogP contribution in [0.2, 0.25) is 5.02 Å². The lowest BCUT2D eigenvalue weighted by molar-refractivity contribution is -0.118. The summed E-state index contributed by atoms with van der Waals surface area (Å²) in [6.07, 6.45) is 1.98. The Hall–Kier alpha value is -2.73. The van der Waals surface area contributed by atoms with Crippen molar-refractivity contribution in [2.75, 3.05) is 25.5 Å². The molecule has 0 unspecified atom stereocenters. The van der Waals surface area contributed by atoms with Gasteiger partial charge in [0.15, 0.2) is 0 Å². The van der Waals surface area contributed by atoms with Gasteiger partial charge in [0, 0.05) is 47.4 Å². The van der Waals surface area contributed by atoms with Crippen LogP contribution in [0.25, 0.3) is 0 Å². The van der Waals surface area contributed by atoms with Gasteiger partial charge in [-0.25, -0.2) is 17.6 Å². The standard InChI is InChI=1S/C31H42ClFN4O5S/c1-19(2)28(21-8-5-9-22(32)16-21)29(36-31(39)42-4)30(38)35-27-13-7-12-26(33)25(27)11-6-10-23-18-34-17-20(3)37(23)43(40,41)24-14-15-24/h5,7-9,12-13,16,19-20,23-24,28-29,34H,6,10-11,14-15,17-18H2,1-4H3,(H,35,38)(H,36,39)/t20-,23+,28-,29+/m1/s1. The fourth-order valence-corrected chi connectivity index (χ4v) is 8.51. The molecule has 2 fully saturated rings.